The lowest BCUT2D eigenvalue weighted by Gasteiger charge is -2.24. The summed E-state index contributed by atoms with van der Waals surface area (Å²) in [7, 11) is 0. The SMILES string of the molecule is O=C(c1ccc(F)cc1)N1CCCC1C1CC1. The summed E-state index contributed by atoms with van der Waals surface area (Å²) in [6, 6.07) is 6.32. The van der Waals surface area contributed by atoms with Crippen LogP contribution in [0.1, 0.15) is 36.0 Å². The van der Waals surface area contributed by atoms with Crippen LogP contribution < -0.4 is 0 Å². The van der Waals surface area contributed by atoms with E-state index in [2.05, 4.69) is 0 Å². The monoisotopic (exact) mass is 233 g/mol. The Balaban J connectivity index is 1.78. The van der Waals surface area contributed by atoms with E-state index in [9.17, 15) is 9.18 Å². The molecule has 1 aliphatic heterocycles. The van der Waals surface area contributed by atoms with Crippen LogP contribution >= 0.6 is 0 Å². The highest BCUT2D eigenvalue weighted by atomic mass is 19.1. The van der Waals surface area contributed by atoms with Gasteiger partial charge in [0.25, 0.3) is 5.91 Å². The van der Waals surface area contributed by atoms with Crippen LogP contribution in [0.15, 0.2) is 24.3 Å². The van der Waals surface area contributed by atoms with Crippen LogP contribution in [0.3, 0.4) is 0 Å². The molecule has 0 spiro atoms. The van der Waals surface area contributed by atoms with Crippen molar-refractivity contribution < 1.29 is 9.18 Å². The summed E-state index contributed by atoms with van der Waals surface area (Å²) >= 11 is 0. The minimum absolute atomic E-state index is 0.0689. The van der Waals surface area contributed by atoms with Crippen molar-refractivity contribution in [1.29, 1.82) is 0 Å². The molecule has 0 N–H and O–H groups in total. The summed E-state index contributed by atoms with van der Waals surface area (Å²) in [5.74, 6) is 0.503. The third-order valence-corrected chi connectivity index (χ3v) is 3.82. The van der Waals surface area contributed by atoms with Crippen LogP contribution in [0.25, 0.3) is 0 Å². The highest BCUT2D eigenvalue weighted by Gasteiger charge is 2.40. The zero-order chi connectivity index (χ0) is 11.8. The van der Waals surface area contributed by atoms with E-state index >= 15 is 0 Å². The van der Waals surface area contributed by atoms with Crippen molar-refractivity contribution in [2.24, 2.45) is 5.92 Å². The molecule has 1 unspecified atom stereocenters. The Morgan fingerprint density at radius 3 is 2.53 bits per heavy atom. The fraction of sp³-hybridized carbons (Fsp3) is 0.500. The van der Waals surface area contributed by atoms with E-state index in [1.165, 1.54) is 25.0 Å². The first kappa shape index (κ1) is 10.8. The van der Waals surface area contributed by atoms with Crippen LogP contribution in [-0.2, 0) is 0 Å². The van der Waals surface area contributed by atoms with Crippen molar-refractivity contribution in [3.8, 4) is 0 Å². The lowest BCUT2D eigenvalue weighted by Crippen LogP contribution is -2.36. The Morgan fingerprint density at radius 2 is 1.88 bits per heavy atom. The lowest BCUT2D eigenvalue weighted by atomic mass is 10.1. The van der Waals surface area contributed by atoms with Gasteiger partial charge in [0, 0.05) is 18.2 Å². The normalized spacial score (nSPS) is 24.1. The molecular weight excluding hydrogens is 217 g/mol. The van der Waals surface area contributed by atoms with Crippen LogP contribution in [0, 0.1) is 11.7 Å². The maximum atomic E-state index is 12.8. The third-order valence-electron chi connectivity index (χ3n) is 3.82. The fourth-order valence-corrected chi connectivity index (χ4v) is 2.77. The summed E-state index contributed by atoms with van der Waals surface area (Å²) in [6.45, 7) is 0.859. The van der Waals surface area contributed by atoms with Gasteiger partial charge in [-0.3, -0.25) is 4.79 Å². The molecule has 90 valence electrons. The molecule has 1 heterocycles. The summed E-state index contributed by atoms with van der Waals surface area (Å²) in [5.41, 5.74) is 0.610. The Bertz CT molecular complexity index is 424. The zero-order valence-corrected chi connectivity index (χ0v) is 9.73. The quantitative estimate of drug-likeness (QED) is 0.769. The molecule has 3 rings (SSSR count). The second kappa shape index (κ2) is 4.13. The standard InChI is InChI=1S/C14H16FNO/c15-12-7-5-11(6-8-12)14(17)16-9-1-2-13(16)10-3-4-10/h5-8,10,13H,1-4,9H2. The second-order valence-corrected chi connectivity index (χ2v) is 5.05. The van der Waals surface area contributed by atoms with Gasteiger partial charge in [0.1, 0.15) is 5.82 Å². The molecule has 0 aromatic heterocycles. The molecule has 1 atom stereocenters. The number of likely N-dealkylation sites (tertiary alicyclic amines) is 1. The average molecular weight is 233 g/mol. The molecule has 1 amide bonds. The van der Waals surface area contributed by atoms with Crippen molar-refractivity contribution in [2.45, 2.75) is 31.7 Å². The Morgan fingerprint density at radius 1 is 1.18 bits per heavy atom. The fourth-order valence-electron chi connectivity index (χ4n) is 2.77. The molecule has 2 nitrogen and oxygen atoms in total. The van der Waals surface area contributed by atoms with Crippen molar-refractivity contribution in [3.05, 3.63) is 35.6 Å². The van der Waals surface area contributed by atoms with E-state index in [0.29, 0.717) is 11.6 Å². The van der Waals surface area contributed by atoms with E-state index < -0.39 is 0 Å². The number of hydrogen-bond acceptors (Lipinski definition) is 1. The Kier molecular flexibility index (Phi) is 2.61. The van der Waals surface area contributed by atoms with Crippen LogP contribution in [0.4, 0.5) is 4.39 Å². The molecule has 1 aliphatic carbocycles. The smallest absolute Gasteiger partial charge is 0.254 e. The number of amides is 1. The predicted molar refractivity (Wildman–Crippen MR) is 63.2 cm³/mol. The van der Waals surface area contributed by atoms with E-state index in [0.717, 1.165) is 25.3 Å². The van der Waals surface area contributed by atoms with Gasteiger partial charge in [-0.25, -0.2) is 4.39 Å². The predicted octanol–water partition coefficient (Wildman–Crippen LogP) is 2.84. The number of carbonyl (C=O) groups excluding carboxylic acids is 1. The Labute approximate surface area is 100 Å². The minimum atomic E-state index is -0.290. The van der Waals surface area contributed by atoms with Gasteiger partial charge < -0.3 is 4.90 Å². The number of benzene rings is 1. The maximum absolute atomic E-state index is 12.8. The third kappa shape index (κ3) is 2.06. The van der Waals surface area contributed by atoms with Gasteiger partial charge in [0.05, 0.1) is 0 Å². The van der Waals surface area contributed by atoms with Crippen LogP contribution in [-0.4, -0.2) is 23.4 Å². The van der Waals surface area contributed by atoms with Gasteiger partial charge in [-0.05, 0) is 55.9 Å². The zero-order valence-electron chi connectivity index (χ0n) is 9.73. The van der Waals surface area contributed by atoms with Gasteiger partial charge in [0.2, 0.25) is 0 Å². The molecule has 1 saturated carbocycles. The van der Waals surface area contributed by atoms with Gasteiger partial charge in [-0.15, -0.1) is 0 Å². The molecule has 1 saturated heterocycles. The van der Waals surface area contributed by atoms with Crippen molar-refractivity contribution in [1.82, 2.24) is 4.90 Å². The van der Waals surface area contributed by atoms with Crippen molar-refractivity contribution in [2.75, 3.05) is 6.54 Å². The van der Waals surface area contributed by atoms with Crippen LogP contribution in [0.2, 0.25) is 0 Å². The molecule has 1 aromatic rings. The Hall–Kier alpha value is -1.38. The molecule has 3 heteroatoms. The summed E-state index contributed by atoms with van der Waals surface area (Å²) < 4.78 is 12.8. The molecular formula is C14H16FNO. The van der Waals surface area contributed by atoms with E-state index in [4.69, 9.17) is 0 Å². The van der Waals surface area contributed by atoms with E-state index in [1.54, 1.807) is 12.1 Å². The highest BCUT2D eigenvalue weighted by molar-refractivity contribution is 5.94. The number of halogens is 1. The molecule has 2 aliphatic rings. The highest BCUT2D eigenvalue weighted by Crippen LogP contribution is 2.40. The lowest BCUT2D eigenvalue weighted by molar-refractivity contribution is 0.0721. The van der Waals surface area contributed by atoms with Crippen molar-refractivity contribution >= 4 is 5.91 Å². The number of nitrogens with zero attached hydrogens (tertiary/aromatic N) is 1. The number of carbonyl (C=O) groups is 1. The molecule has 2 fully saturated rings. The van der Waals surface area contributed by atoms with Gasteiger partial charge in [-0.1, -0.05) is 0 Å². The topological polar surface area (TPSA) is 20.3 Å². The maximum Gasteiger partial charge on any atom is 0.254 e. The average Bonchev–Trinajstić information content (AvgIpc) is 3.07. The first-order valence-corrected chi connectivity index (χ1v) is 6.32. The second-order valence-electron chi connectivity index (χ2n) is 5.05. The first-order chi connectivity index (χ1) is 8.25. The van der Waals surface area contributed by atoms with Gasteiger partial charge in [-0.2, -0.15) is 0 Å². The minimum Gasteiger partial charge on any atom is -0.335 e. The van der Waals surface area contributed by atoms with Crippen LogP contribution in [0.5, 0.6) is 0 Å². The summed E-state index contributed by atoms with van der Waals surface area (Å²) in [4.78, 5) is 14.3. The van der Waals surface area contributed by atoms with E-state index in [-0.39, 0.29) is 11.7 Å². The van der Waals surface area contributed by atoms with Crippen molar-refractivity contribution in [3.63, 3.8) is 0 Å². The largest absolute Gasteiger partial charge is 0.335 e. The van der Waals surface area contributed by atoms with E-state index in [1.807, 2.05) is 4.90 Å². The molecule has 17 heavy (non-hydrogen) atoms. The summed E-state index contributed by atoms with van der Waals surface area (Å²) in [5, 5.41) is 0. The first-order valence-electron chi connectivity index (χ1n) is 6.32. The number of hydrogen-bond donors (Lipinski definition) is 0. The van der Waals surface area contributed by atoms with Gasteiger partial charge >= 0.3 is 0 Å². The van der Waals surface area contributed by atoms with Gasteiger partial charge in [0.15, 0.2) is 0 Å². The molecule has 0 bridgehead atoms. The molecule has 0 radical (unpaired) electrons. The number of rotatable bonds is 2. The molecule has 1 aromatic carbocycles. The summed E-state index contributed by atoms with van der Waals surface area (Å²) in [6.07, 6.45) is 4.77.